The number of amides is 1. The average Bonchev–Trinajstić information content (AvgIpc) is 2.64. The third-order valence-electron chi connectivity index (χ3n) is 1.69. The molecule has 1 amide bonds. The minimum atomic E-state index is -0.867. The third-order valence-corrected chi connectivity index (χ3v) is 1.69. The fourth-order valence-corrected chi connectivity index (χ4v) is 0.943. The van der Waals surface area contributed by atoms with Crippen molar-refractivity contribution in [2.45, 2.75) is 6.42 Å². The van der Waals surface area contributed by atoms with Gasteiger partial charge in [-0.15, -0.1) is 0 Å². The molecule has 0 aromatic rings. The number of carbonyl (C=O) groups excluding carboxylic acids is 1. The Kier molecular flexibility index (Phi) is 1.61. The fraction of sp³-hybridized carbons (Fsp3) is 0.667. The molecule has 2 N–H and O–H groups in total. The molecule has 0 radical (unpaired) electrons. The molecule has 56 valence electrons. The van der Waals surface area contributed by atoms with E-state index >= 15 is 0 Å². The van der Waals surface area contributed by atoms with Crippen molar-refractivity contribution in [2.75, 3.05) is 7.05 Å². The van der Waals surface area contributed by atoms with Crippen LogP contribution in [0.25, 0.3) is 0 Å². The molecule has 0 saturated heterocycles. The Balaban J connectivity index is 2.38. The first kappa shape index (κ1) is 7.05. The summed E-state index contributed by atoms with van der Waals surface area (Å²) in [4.78, 5) is 20.9. The third kappa shape index (κ3) is 1.10. The van der Waals surface area contributed by atoms with Crippen LogP contribution in [0.3, 0.4) is 0 Å². The van der Waals surface area contributed by atoms with Gasteiger partial charge in [-0.1, -0.05) is 0 Å². The number of hydrogen-bond donors (Lipinski definition) is 2. The SMILES string of the molecule is CNC(=O)[C@H]1C[C@@H]1C(=O)O. The van der Waals surface area contributed by atoms with Crippen LogP contribution >= 0.6 is 0 Å². The van der Waals surface area contributed by atoms with Gasteiger partial charge < -0.3 is 10.4 Å². The van der Waals surface area contributed by atoms with Gasteiger partial charge in [-0.05, 0) is 6.42 Å². The van der Waals surface area contributed by atoms with Gasteiger partial charge in [0.1, 0.15) is 0 Å². The Bertz CT molecular complexity index is 178. The van der Waals surface area contributed by atoms with E-state index in [1.807, 2.05) is 0 Å². The number of rotatable bonds is 2. The van der Waals surface area contributed by atoms with E-state index < -0.39 is 11.9 Å². The lowest BCUT2D eigenvalue weighted by atomic mass is 10.3. The molecule has 1 rings (SSSR count). The molecule has 1 saturated carbocycles. The predicted octanol–water partition coefficient (Wildman–Crippen LogP) is -0.547. The molecule has 0 aromatic carbocycles. The zero-order chi connectivity index (χ0) is 7.72. The highest BCUT2D eigenvalue weighted by molar-refractivity contribution is 5.89. The van der Waals surface area contributed by atoms with Crippen LogP contribution in [-0.4, -0.2) is 24.0 Å². The van der Waals surface area contributed by atoms with Crippen molar-refractivity contribution in [3.8, 4) is 0 Å². The Morgan fingerprint density at radius 2 is 2.10 bits per heavy atom. The van der Waals surface area contributed by atoms with E-state index in [4.69, 9.17) is 5.11 Å². The molecule has 0 unspecified atom stereocenters. The molecule has 0 aliphatic heterocycles. The molecule has 0 aromatic heterocycles. The molecule has 0 bridgehead atoms. The molecule has 1 aliphatic rings. The zero-order valence-corrected chi connectivity index (χ0v) is 5.63. The quantitative estimate of drug-likeness (QED) is 0.545. The maximum atomic E-state index is 10.7. The lowest BCUT2D eigenvalue weighted by molar-refractivity contribution is -0.140. The maximum Gasteiger partial charge on any atom is 0.307 e. The fourth-order valence-electron chi connectivity index (χ4n) is 0.943. The van der Waals surface area contributed by atoms with Crippen LogP contribution in [0.4, 0.5) is 0 Å². The van der Waals surface area contributed by atoms with Gasteiger partial charge >= 0.3 is 5.97 Å². The molecule has 0 heterocycles. The molecule has 2 atom stereocenters. The van der Waals surface area contributed by atoms with Crippen molar-refractivity contribution in [1.29, 1.82) is 0 Å². The highest BCUT2D eigenvalue weighted by Crippen LogP contribution is 2.38. The van der Waals surface area contributed by atoms with Crippen LogP contribution in [0, 0.1) is 11.8 Å². The highest BCUT2D eigenvalue weighted by Gasteiger charge is 2.47. The van der Waals surface area contributed by atoms with E-state index in [-0.39, 0.29) is 11.8 Å². The minimum absolute atomic E-state index is 0.160. The standard InChI is InChI=1S/C6H9NO3/c1-7-5(8)3-2-4(3)6(9)10/h3-4H,2H2,1H3,(H,7,8)(H,9,10)/t3-,4-/m0/s1. The second-order valence-corrected chi connectivity index (χ2v) is 2.40. The number of carboxylic acids is 1. The molecular formula is C6H9NO3. The van der Waals surface area contributed by atoms with E-state index in [1.54, 1.807) is 0 Å². The van der Waals surface area contributed by atoms with Crippen LogP contribution in [0.5, 0.6) is 0 Å². The topological polar surface area (TPSA) is 66.4 Å². The van der Waals surface area contributed by atoms with Crippen molar-refractivity contribution in [1.82, 2.24) is 5.32 Å². The Labute approximate surface area is 58.2 Å². The summed E-state index contributed by atoms with van der Waals surface area (Å²) in [5.74, 6) is -1.73. The van der Waals surface area contributed by atoms with Crippen molar-refractivity contribution in [3.05, 3.63) is 0 Å². The van der Waals surface area contributed by atoms with Gasteiger partial charge in [-0.25, -0.2) is 0 Å². The predicted molar refractivity (Wildman–Crippen MR) is 33.3 cm³/mol. The summed E-state index contributed by atoms with van der Waals surface area (Å²) in [7, 11) is 1.51. The van der Waals surface area contributed by atoms with Crippen LogP contribution in [0.15, 0.2) is 0 Å². The lowest BCUT2D eigenvalue weighted by Gasteiger charge is -1.93. The van der Waals surface area contributed by atoms with Gasteiger partial charge in [0.25, 0.3) is 0 Å². The largest absolute Gasteiger partial charge is 0.481 e. The number of nitrogens with one attached hydrogen (secondary N) is 1. The highest BCUT2D eigenvalue weighted by atomic mass is 16.4. The number of aliphatic carboxylic acids is 1. The van der Waals surface area contributed by atoms with E-state index in [0.29, 0.717) is 6.42 Å². The van der Waals surface area contributed by atoms with Crippen molar-refractivity contribution >= 4 is 11.9 Å². The molecule has 10 heavy (non-hydrogen) atoms. The first-order valence-electron chi connectivity index (χ1n) is 3.11. The number of hydrogen-bond acceptors (Lipinski definition) is 2. The monoisotopic (exact) mass is 143 g/mol. The summed E-state index contributed by atoms with van der Waals surface area (Å²) >= 11 is 0. The summed E-state index contributed by atoms with van der Waals surface area (Å²) in [6, 6.07) is 0. The van der Waals surface area contributed by atoms with Gasteiger partial charge in [0.05, 0.1) is 11.8 Å². The van der Waals surface area contributed by atoms with E-state index in [9.17, 15) is 9.59 Å². The first-order valence-corrected chi connectivity index (χ1v) is 3.11. The summed E-state index contributed by atoms with van der Waals surface area (Å²) < 4.78 is 0. The Hall–Kier alpha value is -1.06. The summed E-state index contributed by atoms with van der Waals surface area (Å²) in [5.41, 5.74) is 0. The molecule has 1 aliphatic carbocycles. The van der Waals surface area contributed by atoms with E-state index in [2.05, 4.69) is 5.32 Å². The second-order valence-electron chi connectivity index (χ2n) is 2.40. The van der Waals surface area contributed by atoms with Gasteiger partial charge in [0.15, 0.2) is 0 Å². The molecular weight excluding hydrogens is 134 g/mol. The Morgan fingerprint density at radius 1 is 1.50 bits per heavy atom. The summed E-state index contributed by atoms with van der Waals surface area (Å²) in [5, 5.41) is 10.8. The van der Waals surface area contributed by atoms with Crippen molar-refractivity contribution in [2.24, 2.45) is 11.8 Å². The normalized spacial score (nSPS) is 29.3. The smallest absolute Gasteiger partial charge is 0.307 e. The second kappa shape index (κ2) is 2.28. The Morgan fingerprint density at radius 3 is 2.40 bits per heavy atom. The minimum Gasteiger partial charge on any atom is -0.481 e. The van der Waals surface area contributed by atoms with Gasteiger partial charge in [0.2, 0.25) is 5.91 Å². The lowest BCUT2D eigenvalue weighted by Crippen LogP contribution is -2.21. The van der Waals surface area contributed by atoms with E-state index in [0.717, 1.165) is 0 Å². The summed E-state index contributed by atoms with van der Waals surface area (Å²) in [6.45, 7) is 0. The van der Waals surface area contributed by atoms with Crippen LogP contribution < -0.4 is 5.32 Å². The van der Waals surface area contributed by atoms with Crippen LogP contribution in [0.1, 0.15) is 6.42 Å². The van der Waals surface area contributed by atoms with Gasteiger partial charge in [-0.3, -0.25) is 9.59 Å². The van der Waals surface area contributed by atoms with Gasteiger partial charge in [0, 0.05) is 7.05 Å². The van der Waals surface area contributed by atoms with Crippen LogP contribution in [0.2, 0.25) is 0 Å². The maximum absolute atomic E-state index is 10.7. The molecule has 0 spiro atoms. The van der Waals surface area contributed by atoms with Crippen molar-refractivity contribution < 1.29 is 14.7 Å². The summed E-state index contributed by atoms with van der Waals surface area (Å²) in [6.07, 6.45) is 0.495. The number of carbonyl (C=O) groups is 2. The molecule has 4 nitrogen and oxygen atoms in total. The number of carboxylic acid groups (broad SMARTS) is 1. The van der Waals surface area contributed by atoms with Crippen LogP contribution in [-0.2, 0) is 9.59 Å². The van der Waals surface area contributed by atoms with Gasteiger partial charge in [-0.2, -0.15) is 0 Å². The first-order chi connectivity index (χ1) is 4.66. The van der Waals surface area contributed by atoms with Crippen molar-refractivity contribution in [3.63, 3.8) is 0 Å². The molecule has 4 heteroatoms. The molecule has 1 fully saturated rings. The zero-order valence-electron chi connectivity index (χ0n) is 5.63. The average molecular weight is 143 g/mol. The van der Waals surface area contributed by atoms with E-state index in [1.165, 1.54) is 7.05 Å².